The van der Waals surface area contributed by atoms with Crippen molar-refractivity contribution in [2.45, 2.75) is 0 Å². The third-order valence-electron chi connectivity index (χ3n) is 8.08. The Kier molecular flexibility index (Phi) is 7.17. The van der Waals surface area contributed by atoms with Crippen molar-refractivity contribution in [3.63, 3.8) is 0 Å². The predicted molar refractivity (Wildman–Crippen MR) is 184 cm³/mol. The molecule has 0 atom stereocenters. The van der Waals surface area contributed by atoms with Crippen molar-refractivity contribution >= 4 is 39.2 Å². The molecule has 7 aromatic carbocycles. The van der Waals surface area contributed by atoms with Gasteiger partial charge in [0.05, 0.1) is 5.69 Å². The van der Waals surface area contributed by atoms with Gasteiger partial charge in [0.25, 0.3) is 0 Å². The van der Waals surface area contributed by atoms with Crippen molar-refractivity contribution < 1.29 is 0 Å². The molecule has 0 aliphatic heterocycles. The van der Waals surface area contributed by atoms with Crippen LogP contribution in [0.5, 0.6) is 0 Å². The first-order chi connectivity index (χ1) is 21.2. The van der Waals surface area contributed by atoms with Crippen LogP contribution in [0.3, 0.4) is 0 Å². The van der Waals surface area contributed by atoms with Gasteiger partial charge in [-0.05, 0) is 82.2 Å². The van der Waals surface area contributed by atoms with Crippen LogP contribution in [0.15, 0.2) is 176 Å². The molecule has 0 saturated carbocycles. The second-order valence-corrected chi connectivity index (χ2v) is 10.7. The quantitative estimate of drug-likeness (QED) is 0.194. The van der Waals surface area contributed by atoms with E-state index in [-0.39, 0.29) is 0 Å². The van der Waals surface area contributed by atoms with Crippen molar-refractivity contribution in [3.05, 3.63) is 176 Å². The van der Waals surface area contributed by atoms with Crippen molar-refractivity contribution in [1.82, 2.24) is 0 Å². The minimum absolute atomic E-state index is 1.12. The molecule has 0 N–H and O–H groups in total. The second-order valence-electron chi connectivity index (χ2n) is 10.7. The Balaban J connectivity index is 1.26. The summed E-state index contributed by atoms with van der Waals surface area (Å²) in [6, 6.07) is 62.7. The molecule has 0 aliphatic rings. The lowest BCUT2D eigenvalue weighted by molar-refractivity contribution is 1.21. The summed E-state index contributed by atoms with van der Waals surface area (Å²) in [5, 5.41) is 2.44. The molecule has 0 fully saturated rings. The fraction of sp³-hybridized carbons (Fsp3) is 0.0244. The molecular weight excluding hydrogens is 520 g/mol. The Labute approximate surface area is 253 Å². The van der Waals surface area contributed by atoms with Crippen LogP contribution >= 0.6 is 0 Å². The molecule has 0 saturated heterocycles. The molecule has 43 heavy (non-hydrogen) atoms. The van der Waals surface area contributed by atoms with E-state index in [1.165, 1.54) is 38.7 Å². The van der Waals surface area contributed by atoms with Gasteiger partial charge >= 0.3 is 0 Å². The first kappa shape index (κ1) is 26.3. The molecule has 2 nitrogen and oxygen atoms in total. The van der Waals surface area contributed by atoms with Crippen LogP contribution < -0.4 is 9.80 Å². The number of benzene rings is 7. The summed E-state index contributed by atoms with van der Waals surface area (Å²) in [4.78, 5) is 4.58. The van der Waals surface area contributed by atoms with Gasteiger partial charge in [-0.25, -0.2) is 0 Å². The lowest BCUT2D eigenvalue weighted by Crippen LogP contribution is -2.10. The predicted octanol–water partition coefficient (Wildman–Crippen LogP) is 11.4. The average Bonchev–Trinajstić information content (AvgIpc) is 3.09. The number of anilines is 5. The maximum atomic E-state index is 2.37. The van der Waals surface area contributed by atoms with E-state index in [4.69, 9.17) is 0 Å². The van der Waals surface area contributed by atoms with Crippen molar-refractivity contribution in [2.75, 3.05) is 16.8 Å². The van der Waals surface area contributed by atoms with E-state index < -0.39 is 0 Å². The van der Waals surface area contributed by atoms with Crippen molar-refractivity contribution in [3.8, 4) is 22.3 Å². The zero-order valence-corrected chi connectivity index (χ0v) is 24.1. The molecular formula is C41H32N2. The smallest absolute Gasteiger partial charge is 0.0540 e. The van der Waals surface area contributed by atoms with E-state index >= 15 is 0 Å². The average molecular weight is 553 g/mol. The van der Waals surface area contributed by atoms with Gasteiger partial charge < -0.3 is 9.80 Å². The summed E-state index contributed by atoms with van der Waals surface area (Å²) in [6.45, 7) is 0. The van der Waals surface area contributed by atoms with Gasteiger partial charge in [0.1, 0.15) is 0 Å². The van der Waals surface area contributed by atoms with E-state index in [1.807, 2.05) is 6.07 Å². The van der Waals surface area contributed by atoms with Gasteiger partial charge in [-0.3, -0.25) is 0 Å². The third-order valence-corrected chi connectivity index (χ3v) is 8.08. The standard InChI is InChI=1S/C41H32N2/c1-42(36-17-6-3-7-18-36)37-26-22-32(23-27-37)33-24-28-38(29-25-33)43(41-21-11-15-34-14-8-9-20-40(34)41)39-19-10-16-35(30-39)31-12-4-2-5-13-31/h2-30H,1H3. The van der Waals surface area contributed by atoms with E-state index in [0.29, 0.717) is 0 Å². The normalized spacial score (nSPS) is 10.9. The molecule has 0 unspecified atom stereocenters. The van der Waals surface area contributed by atoms with Gasteiger partial charge in [-0.15, -0.1) is 0 Å². The topological polar surface area (TPSA) is 6.48 Å². The maximum absolute atomic E-state index is 2.37. The highest BCUT2D eigenvalue weighted by Crippen LogP contribution is 2.40. The number of hydrogen-bond acceptors (Lipinski definition) is 2. The highest BCUT2D eigenvalue weighted by Gasteiger charge is 2.16. The Bertz CT molecular complexity index is 1960. The molecule has 206 valence electrons. The fourth-order valence-electron chi connectivity index (χ4n) is 5.77. The summed E-state index contributed by atoms with van der Waals surface area (Å²) < 4.78 is 0. The minimum Gasteiger partial charge on any atom is -0.345 e. The van der Waals surface area contributed by atoms with Crippen LogP contribution in [0.2, 0.25) is 0 Å². The summed E-state index contributed by atoms with van der Waals surface area (Å²) >= 11 is 0. The van der Waals surface area contributed by atoms with Crippen LogP contribution in [0.4, 0.5) is 28.4 Å². The number of para-hydroxylation sites is 1. The molecule has 0 bridgehead atoms. The van der Waals surface area contributed by atoms with Gasteiger partial charge in [0, 0.05) is 35.2 Å². The molecule has 0 amide bonds. The van der Waals surface area contributed by atoms with E-state index in [9.17, 15) is 0 Å². The van der Waals surface area contributed by atoms with Crippen molar-refractivity contribution in [1.29, 1.82) is 0 Å². The van der Waals surface area contributed by atoms with Crippen LogP contribution in [0, 0.1) is 0 Å². The Morgan fingerprint density at radius 3 is 1.56 bits per heavy atom. The van der Waals surface area contributed by atoms with E-state index in [0.717, 1.165) is 22.7 Å². The molecule has 7 rings (SSSR count). The van der Waals surface area contributed by atoms with Crippen LogP contribution in [0.1, 0.15) is 0 Å². The van der Waals surface area contributed by atoms with Crippen LogP contribution in [-0.2, 0) is 0 Å². The first-order valence-electron chi connectivity index (χ1n) is 14.7. The molecule has 2 heteroatoms. The first-order valence-corrected chi connectivity index (χ1v) is 14.7. The molecule has 7 aromatic rings. The largest absolute Gasteiger partial charge is 0.345 e. The van der Waals surface area contributed by atoms with Gasteiger partial charge in [0.2, 0.25) is 0 Å². The SMILES string of the molecule is CN(c1ccccc1)c1ccc(-c2ccc(N(c3cccc(-c4ccccc4)c3)c3cccc4ccccc34)cc2)cc1. The molecule has 0 aliphatic carbocycles. The summed E-state index contributed by atoms with van der Waals surface area (Å²) in [6.07, 6.45) is 0. The molecule has 0 radical (unpaired) electrons. The summed E-state index contributed by atoms with van der Waals surface area (Å²) in [5.74, 6) is 0. The Morgan fingerprint density at radius 2 is 0.837 bits per heavy atom. The highest BCUT2D eigenvalue weighted by atomic mass is 15.1. The highest BCUT2D eigenvalue weighted by molar-refractivity contribution is 5.99. The Hall–Kier alpha value is -5.60. The molecule has 0 heterocycles. The van der Waals surface area contributed by atoms with E-state index in [1.54, 1.807) is 0 Å². The van der Waals surface area contributed by atoms with Gasteiger partial charge in [0.15, 0.2) is 0 Å². The van der Waals surface area contributed by atoms with Gasteiger partial charge in [-0.1, -0.05) is 121 Å². The lowest BCUT2D eigenvalue weighted by Gasteiger charge is -2.27. The Morgan fingerprint density at radius 1 is 0.349 bits per heavy atom. The van der Waals surface area contributed by atoms with Crippen molar-refractivity contribution in [2.24, 2.45) is 0 Å². The second kappa shape index (κ2) is 11.7. The number of nitrogens with zero attached hydrogens (tertiary/aromatic N) is 2. The maximum Gasteiger partial charge on any atom is 0.0540 e. The summed E-state index contributed by atoms with van der Waals surface area (Å²) in [5.41, 5.74) is 10.5. The zero-order valence-electron chi connectivity index (χ0n) is 24.1. The number of fused-ring (bicyclic) bond motifs is 1. The number of rotatable bonds is 7. The summed E-state index contributed by atoms with van der Waals surface area (Å²) in [7, 11) is 2.10. The minimum atomic E-state index is 1.12. The lowest BCUT2D eigenvalue weighted by atomic mass is 10.0. The third kappa shape index (κ3) is 5.39. The van der Waals surface area contributed by atoms with Crippen LogP contribution in [-0.4, -0.2) is 7.05 Å². The molecule has 0 aromatic heterocycles. The fourth-order valence-corrected chi connectivity index (χ4v) is 5.77. The molecule has 0 spiro atoms. The van der Waals surface area contributed by atoms with E-state index in [2.05, 4.69) is 187 Å². The van der Waals surface area contributed by atoms with Crippen LogP contribution in [0.25, 0.3) is 33.0 Å². The zero-order chi connectivity index (χ0) is 29.0. The van der Waals surface area contributed by atoms with Gasteiger partial charge in [-0.2, -0.15) is 0 Å². The number of hydrogen-bond donors (Lipinski definition) is 0. The monoisotopic (exact) mass is 552 g/mol.